The van der Waals surface area contributed by atoms with Gasteiger partial charge in [-0.05, 0) is 69.0 Å². The van der Waals surface area contributed by atoms with Crippen LogP contribution < -0.4 is 5.63 Å². The fourth-order valence-electron chi connectivity index (χ4n) is 5.27. The van der Waals surface area contributed by atoms with Gasteiger partial charge in [0.2, 0.25) is 5.69 Å². The molecule has 0 saturated heterocycles. The van der Waals surface area contributed by atoms with Crippen LogP contribution in [0.4, 0.5) is 5.69 Å². The summed E-state index contributed by atoms with van der Waals surface area (Å²) in [5.41, 5.74) is 5.40. The highest BCUT2D eigenvalue weighted by Gasteiger charge is 2.43. The van der Waals surface area contributed by atoms with Crippen molar-refractivity contribution in [3.63, 3.8) is 0 Å². The third-order valence-corrected chi connectivity index (χ3v) is 8.01. The summed E-state index contributed by atoms with van der Waals surface area (Å²) in [4.78, 5) is 12.9. The first-order chi connectivity index (χ1) is 18.1. The van der Waals surface area contributed by atoms with E-state index >= 15 is 0 Å². The summed E-state index contributed by atoms with van der Waals surface area (Å²) in [6.45, 7) is 4.82. The molecule has 0 fully saturated rings. The Morgan fingerprint density at radius 2 is 1.95 bits per heavy atom. The van der Waals surface area contributed by atoms with Crippen LogP contribution in [0.15, 0.2) is 69.9 Å². The molecule has 2 aliphatic rings. The minimum atomic E-state index is -4.24. The number of nitrogens with zero attached hydrogens (tertiary/aromatic N) is 1. The van der Waals surface area contributed by atoms with Gasteiger partial charge in [-0.1, -0.05) is 36.1 Å². The van der Waals surface area contributed by atoms with E-state index < -0.39 is 15.7 Å². The molecule has 0 amide bonds. The summed E-state index contributed by atoms with van der Waals surface area (Å²) in [5.74, 6) is 5.77. The van der Waals surface area contributed by atoms with Gasteiger partial charge in [0.25, 0.3) is 0 Å². The van der Waals surface area contributed by atoms with E-state index in [4.69, 9.17) is 4.42 Å². The van der Waals surface area contributed by atoms with Gasteiger partial charge in [0.1, 0.15) is 12.1 Å². The van der Waals surface area contributed by atoms with Gasteiger partial charge in [-0.15, -0.1) is 0 Å². The van der Waals surface area contributed by atoms with Gasteiger partial charge in [0, 0.05) is 40.8 Å². The molecule has 194 valence electrons. The van der Waals surface area contributed by atoms with E-state index in [9.17, 15) is 17.8 Å². The Kier molecular flexibility index (Phi) is 6.95. The second kappa shape index (κ2) is 10.2. The maximum absolute atomic E-state index is 12.9. The first kappa shape index (κ1) is 25.9. The smallest absolute Gasteiger partial charge is 0.343 e. The molecule has 2 aromatic carbocycles. The zero-order chi connectivity index (χ0) is 26.9. The molecule has 1 aliphatic heterocycles. The van der Waals surface area contributed by atoms with Gasteiger partial charge in [-0.3, -0.25) is 0 Å². The van der Waals surface area contributed by atoms with Gasteiger partial charge in [-0.25, -0.2) is 13.2 Å². The maximum atomic E-state index is 12.9. The predicted octanol–water partition coefficient (Wildman–Crippen LogP) is 5.06. The SMILES string of the molecule is CC1(C)C(/C=C/c2cc3cc4c(cc3oc2=O)C#C/C=C\CC4)=[N+](CCCCS(=O)(=O)[O-])c2ccccc21. The minimum absolute atomic E-state index is 0.292. The molecule has 7 heteroatoms. The van der Waals surface area contributed by atoms with Crippen LogP contribution in [0.25, 0.3) is 17.0 Å². The lowest BCUT2D eigenvalue weighted by atomic mass is 9.81. The Balaban J connectivity index is 1.52. The fourth-order valence-corrected chi connectivity index (χ4v) is 5.83. The Morgan fingerprint density at radius 1 is 1.13 bits per heavy atom. The van der Waals surface area contributed by atoms with Crippen molar-refractivity contribution in [2.75, 3.05) is 12.3 Å². The summed E-state index contributed by atoms with van der Waals surface area (Å²) in [5, 5.41) is 0.851. The van der Waals surface area contributed by atoms with E-state index in [-0.39, 0.29) is 11.2 Å². The molecule has 0 bridgehead atoms. The summed E-state index contributed by atoms with van der Waals surface area (Å²) >= 11 is 0. The van der Waals surface area contributed by atoms with Gasteiger partial charge < -0.3 is 8.97 Å². The summed E-state index contributed by atoms with van der Waals surface area (Å²) in [6, 6.07) is 13.9. The first-order valence-corrected chi connectivity index (χ1v) is 14.3. The molecule has 0 unspecified atom stereocenters. The first-order valence-electron chi connectivity index (χ1n) is 12.8. The van der Waals surface area contributed by atoms with Gasteiger partial charge >= 0.3 is 5.63 Å². The summed E-state index contributed by atoms with van der Waals surface area (Å²) in [7, 11) is -4.24. The number of rotatable bonds is 7. The normalized spacial score (nSPS) is 17.0. The second-order valence-electron chi connectivity index (χ2n) is 10.2. The van der Waals surface area contributed by atoms with Crippen molar-refractivity contribution in [2.24, 2.45) is 0 Å². The predicted molar refractivity (Wildman–Crippen MR) is 149 cm³/mol. The van der Waals surface area contributed by atoms with Crippen molar-refractivity contribution in [3.05, 3.63) is 93.4 Å². The molecule has 0 spiro atoms. The van der Waals surface area contributed by atoms with E-state index in [1.807, 2.05) is 42.5 Å². The number of benzene rings is 2. The highest BCUT2D eigenvalue weighted by atomic mass is 32.2. The van der Waals surface area contributed by atoms with Crippen LogP contribution in [0.3, 0.4) is 0 Å². The van der Waals surface area contributed by atoms with Crippen molar-refractivity contribution < 1.29 is 22.0 Å². The van der Waals surface area contributed by atoms with Crippen molar-refractivity contribution in [3.8, 4) is 11.8 Å². The van der Waals surface area contributed by atoms with Crippen LogP contribution in [0.5, 0.6) is 0 Å². The largest absolute Gasteiger partial charge is 0.748 e. The molecule has 5 rings (SSSR count). The Labute approximate surface area is 222 Å². The van der Waals surface area contributed by atoms with E-state index in [0.29, 0.717) is 30.5 Å². The Morgan fingerprint density at radius 3 is 2.76 bits per heavy atom. The fraction of sp³-hybridized carbons (Fsp3) is 0.290. The molecule has 1 aliphatic carbocycles. The number of fused-ring (bicyclic) bond motifs is 3. The number of aryl methyl sites for hydroxylation is 1. The molecule has 0 radical (unpaired) electrons. The molecule has 0 saturated carbocycles. The van der Waals surface area contributed by atoms with Crippen LogP contribution in [0, 0.1) is 11.8 Å². The monoisotopic (exact) mass is 527 g/mol. The topological polar surface area (TPSA) is 90.4 Å². The number of unbranched alkanes of at least 4 members (excludes halogenated alkanes) is 1. The van der Waals surface area contributed by atoms with Crippen LogP contribution in [0.1, 0.15) is 55.4 Å². The maximum Gasteiger partial charge on any atom is 0.343 e. The Hall–Kier alpha value is -3.73. The van der Waals surface area contributed by atoms with Crippen LogP contribution in [-0.2, 0) is 22.0 Å². The molecule has 3 aromatic rings. The van der Waals surface area contributed by atoms with E-state index in [0.717, 1.165) is 46.3 Å². The zero-order valence-corrected chi connectivity index (χ0v) is 22.3. The van der Waals surface area contributed by atoms with Gasteiger partial charge in [0.05, 0.1) is 21.1 Å². The third kappa shape index (κ3) is 5.28. The quantitative estimate of drug-likeness (QED) is 0.141. The van der Waals surface area contributed by atoms with E-state index in [1.165, 1.54) is 0 Å². The molecule has 1 aromatic heterocycles. The molecule has 0 N–H and O–H groups in total. The molecular weight excluding hydrogens is 498 g/mol. The van der Waals surface area contributed by atoms with Crippen LogP contribution in [-0.4, -0.2) is 35.6 Å². The van der Waals surface area contributed by atoms with Crippen molar-refractivity contribution in [1.82, 2.24) is 0 Å². The average Bonchev–Trinajstić information content (AvgIpc) is 3.06. The van der Waals surface area contributed by atoms with Crippen molar-refractivity contribution in [2.45, 2.75) is 44.9 Å². The zero-order valence-electron chi connectivity index (χ0n) is 21.5. The summed E-state index contributed by atoms with van der Waals surface area (Å²) < 4.78 is 41.0. The van der Waals surface area contributed by atoms with Crippen LogP contribution in [0.2, 0.25) is 0 Å². The van der Waals surface area contributed by atoms with Crippen LogP contribution >= 0.6 is 0 Å². The highest BCUT2D eigenvalue weighted by Crippen LogP contribution is 2.40. The van der Waals surface area contributed by atoms with Crippen molar-refractivity contribution in [1.29, 1.82) is 0 Å². The number of para-hydroxylation sites is 1. The molecule has 0 atom stereocenters. The summed E-state index contributed by atoms with van der Waals surface area (Å²) in [6.07, 6.45) is 10.3. The average molecular weight is 528 g/mol. The lowest BCUT2D eigenvalue weighted by molar-refractivity contribution is -0.438. The van der Waals surface area contributed by atoms with E-state index in [2.05, 4.69) is 48.5 Å². The number of allylic oxidation sites excluding steroid dienone is 3. The van der Waals surface area contributed by atoms with Gasteiger partial charge in [-0.2, -0.15) is 4.58 Å². The van der Waals surface area contributed by atoms with Gasteiger partial charge in [0.15, 0.2) is 5.71 Å². The third-order valence-electron chi connectivity index (χ3n) is 7.22. The standard InChI is InChI=1S/C31H29NO5S/c1-31(2)26-13-7-8-14-27(26)32(17-9-10-18-38(34,35)36)29(31)16-15-24-20-25-19-22-11-5-3-4-6-12-23(22)21-28(25)37-30(24)33/h3-4,7-8,13-16,19-21H,5,9-11,17-18H2,1-2H3/b4-3-,16-15+. The number of hydrogen-bond acceptors (Lipinski definition) is 5. The lowest BCUT2D eigenvalue weighted by Crippen LogP contribution is -2.28. The molecule has 2 heterocycles. The molecule has 38 heavy (non-hydrogen) atoms. The lowest BCUT2D eigenvalue weighted by Gasteiger charge is -2.15. The molecular formula is C31H29NO5S. The minimum Gasteiger partial charge on any atom is -0.748 e. The molecule has 6 nitrogen and oxygen atoms in total. The number of hydrogen-bond donors (Lipinski definition) is 0. The van der Waals surface area contributed by atoms with E-state index in [1.54, 1.807) is 6.08 Å². The van der Waals surface area contributed by atoms with Crippen molar-refractivity contribution >= 4 is 38.6 Å². The second-order valence-corrected chi connectivity index (χ2v) is 11.8. The highest BCUT2D eigenvalue weighted by molar-refractivity contribution is 7.85. The Bertz CT molecular complexity index is 1740.